The van der Waals surface area contributed by atoms with Crippen molar-refractivity contribution in [3.05, 3.63) is 33.9 Å². The van der Waals surface area contributed by atoms with Crippen molar-refractivity contribution in [1.29, 1.82) is 0 Å². The molecular weight excluding hydrogens is 246 g/mol. The SMILES string of the molecule is COC(=O)C(O)C(O)c1ccc([N+](=O)[O-])c(O)c1. The molecule has 2 unspecified atom stereocenters. The van der Waals surface area contributed by atoms with Crippen LogP contribution in [0.25, 0.3) is 0 Å². The molecule has 0 amide bonds. The van der Waals surface area contributed by atoms with E-state index in [1.807, 2.05) is 0 Å². The summed E-state index contributed by atoms with van der Waals surface area (Å²) in [5.74, 6) is -1.73. The number of carbonyl (C=O) groups is 1. The van der Waals surface area contributed by atoms with Gasteiger partial charge in [0.05, 0.1) is 12.0 Å². The van der Waals surface area contributed by atoms with Gasteiger partial charge in [-0.15, -0.1) is 0 Å². The number of phenols is 1. The number of methoxy groups -OCH3 is 1. The summed E-state index contributed by atoms with van der Waals surface area (Å²) in [4.78, 5) is 20.6. The second-order valence-corrected chi connectivity index (χ2v) is 3.42. The van der Waals surface area contributed by atoms with E-state index in [2.05, 4.69) is 4.74 Å². The summed E-state index contributed by atoms with van der Waals surface area (Å²) < 4.78 is 4.23. The van der Waals surface area contributed by atoms with Crippen LogP contribution in [0.5, 0.6) is 5.75 Å². The quantitative estimate of drug-likeness (QED) is 0.389. The largest absolute Gasteiger partial charge is 0.502 e. The molecule has 0 aliphatic carbocycles. The maximum atomic E-state index is 11.0. The first-order valence-corrected chi connectivity index (χ1v) is 4.79. The highest BCUT2D eigenvalue weighted by Gasteiger charge is 2.27. The van der Waals surface area contributed by atoms with Gasteiger partial charge in [-0.25, -0.2) is 4.79 Å². The monoisotopic (exact) mass is 257 g/mol. The van der Waals surface area contributed by atoms with E-state index in [1.165, 1.54) is 0 Å². The molecule has 98 valence electrons. The number of nitrogens with zero attached hydrogens (tertiary/aromatic N) is 1. The standard InChI is InChI=1S/C10H11NO7/c1-18-10(15)9(14)8(13)5-2-3-6(11(16)17)7(12)4-5/h2-4,8-9,12-14H,1H3. The number of benzene rings is 1. The summed E-state index contributed by atoms with van der Waals surface area (Å²) in [7, 11) is 1.03. The van der Waals surface area contributed by atoms with Crippen LogP contribution >= 0.6 is 0 Å². The maximum Gasteiger partial charge on any atom is 0.337 e. The number of aliphatic hydroxyl groups excluding tert-OH is 2. The van der Waals surface area contributed by atoms with E-state index in [9.17, 15) is 30.2 Å². The van der Waals surface area contributed by atoms with Gasteiger partial charge in [0, 0.05) is 6.07 Å². The Morgan fingerprint density at radius 1 is 1.44 bits per heavy atom. The second-order valence-electron chi connectivity index (χ2n) is 3.42. The van der Waals surface area contributed by atoms with Crippen molar-refractivity contribution in [3.8, 4) is 5.75 Å². The zero-order chi connectivity index (χ0) is 13.9. The number of carbonyl (C=O) groups excluding carboxylic acids is 1. The highest BCUT2D eigenvalue weighted by Crippen LogP contribution is 2.29. The van der Waals surface area contributed by atoms with E-state index in [1.54, 1.807) is 0 Å². The molecule has 0 saturated heterocycles. The number of ether oxygens (including phenoxy) is 1. The fourth-order valence-electron chi connectivity index (χ4n) is 1.31. The van der Waals surface area contributed by atoms with E-state index in [0.29, 0.717) is 0 Å². The molecule has 8 nitrogen and oxygen atoms in total. The number of hydrogen-bond acceptors (Lipinski definition) is 7. The van der Waals surface area contributed by atoms with Crippen molar-refractivity contribution in [1.82, 2.24) is 0 Å². The highest BCUT2D eigenvalue weighted by atomic mass is 16.6. The van der Waals surface area contributed by atoms with Gasteiger partial charge in [-0.2, -0.15) is 0 Å². The Bertz CT molecular complexity index is 473. The summed E-state index contributed by atoms with van der Waals surface area (Å²) in [6.45, 7) is 0. The van der Waals surface area contributed by atoms with Gasteiger partial charge < -0.3 is 20.1 Å². The molecule has 0 fully saturated rings. The number of phenolic OH excluding ortho intramolecular Hbond substituents is 1. The molecule has 3 N–H and O–H groups in total. The fraction of sp³-hybridized carbons (Fsp3) is 0.300. The number of nitro groups is 1. The van der Waals surface area contributed by atoms with E-state index in [4.69, 9.17) is 0 Å². The van der Waals surface area contributed by atoms with Crippen LogP contribution < -0.4 is 0 Å². The number of nitro benzene ring substituents is 1. The van der Waals surface area contributed by atoms with Crippen molar-refractivity contribution < 1.29 is 29.8 Å². The van der Waals surface area contributed by atoms with Crippen LogP contribution in [0.1, 0.15) is 11.7 Å². The summed E-state index contributed by atoms with van der Waals surface area (Å²) in [6.07, 6.45) is -3.49. The first kappa shape index (κ1) is 13.9. The molecule has 0 heterocycles. The maximum absolute atomic E-state index is 11.0. The predicted molar refractivity (Wildman–Crippen MR) is 57.7 cm³/mol. The minimum absolute atomic E-state index is 0.0454. The fourth-order valence-corrected chi connectivity index (χ4v) is 1.31. The van der Waals surface area contributed by atoms with Crippen LogP contribution in [-0.2, 0) is 9.53 Å². The molecule has 8 heteroatoms. The van der Waals surface area contributed by atoms with Crippen LogP contribution in [0, 0.1) is 10.1 Å². The van der Waals surface area contributed by atoms with E-state index < -0.39 is 34.5 Å². The van der Waals surface area contributed by atoms with Gasteiger partial charge >= 0.3 is 11.7 Å². The van der Waals surface area contributed by atoms with Crippen LogP contribution in [0.3, 0.4) is 0 Å². The lowest BCUT2D eigenvalue weighted by Crippen LogP contribution is -2.29. The highest BCUT2D eigenvalue weighted by molar-refractivity contribution is 5.75. The van der Waals surface area contributed by atoms with Crippen LogP contribution in [0.4, 0.5) is 5.69 Å². The number of hydrogen-bond donors (Lipinski definition) is 3. The molecule has 1 aromatic rings. The Labute approximate surface area is 101 Å². The topological polar surface area (TPSA) is 130 Å². The van der Waals surface area contributed by atoms with Crippen LogP contribution in [0.2, 0.25) is 0 Å². The number of rotatable bonds is 4. The first-order valence-electron chi connectivity index (χ1n) is 4.79. The number of esters is 1. The summed E-state index contributed by atoms with van der Waals surface area (Å²) in [5.41, 5.74) is -0.588. The average Bonchev–Trinajstić information content (AvgIpc) is 2.35. The third kappa shape index (κ3) is 2.73. The molecule has 18 heavy (non-hydrogen) atoms. The Balaban J connectivity index is 3.01. The van der Waals surface area contributed by atoms with E-state index in [0.717, 1.165) is 25.3 Å². The molecule has 2 atom stereocenters. The van der Waals surface area contributed by atoms with Gasteiger partial charge in [0.25, 0.3) is 0 Å². The van der Waals surface area contributed by atoms with Crippen molar-refractivity contribution in [3.63, 3.8) is 0 Å². The summed E-state index contributed by atoms with van der Waals surface area (Å²) in [5, 5.41) is 38.8. The Kier molecular flexibility index (Phi) is 4.18. The number of aliphatic hydroxyl groups is 2. The van der Waals surface area contributed by atoms with Gasteiger partial charge in [-0.1, -0.05) is 0 Å². The molecule has 0 spiro atoms. The third-order valence-corrected chi connectivity index (χ3v) is 2.28. The Morgan fingerprint density at radius 2 is 2.06 bits per heavy atom. The van der Waals surface area contributed by atoms with Gasteiger partial charge in [-0.3, -0.25) is 10.1 Å². The average molecular weight is 257 g/mol. The van der Waals surface area contributed by atoms with Crippen molar-refractivity contribution in [2.45, 2.75) is 12.2 Å². The third-order valence-electron chi connectivity index (χ3n) is 2.28. The molecule has 0 saturated carbocycles. The zero-order valence-corrected chi connectivity index (χ0v) is 9.31. The van der Waals surface area contributed by atoms with Gasteiger partial charge in [0.1, 0.15) is 6.10 Å². The minimum Gasteiger partial charge on any atom is -0.502 e. The zero-order valence-electron chi connectivity index (χ0n) is 9.31. The van der Waals surface area contributed by atoms with Gasteiger partial charge in [-0.05, 0) is 17.7 Å². The molecular formula is C10H11NO7. The molecule has 1 rings (SSSR count). The van der Waals surface area contributed by atoms with E-state index >= 15 is 0 Å². The molecule has 0 aliphatic heterocycles. The van der Waals surface area contributed by atoms with Crippen LogP contribution in [-0.4, -0.2) is 39.4 Å². The van der Waals surface area contributed by atoms with Crippen molar-refractivity contribution in [2.24, 2.45) is 0 Å². The van der Waals surface area contributed by atoms with Crippen molar-refractivity contribution >= 4 is 11.7 Å². The molecule has 0 aliphatic rings. The van der Waals surface area contributed by atoms with Crippen molar-refractivity contribution in [2.75, 3.05) is 7.11 Å². The molecule has 1 aromatic carbocycles. The second kappa shape index (κ2) is 5.43. The Hall–Kier alpha value is -2.19. The Morgan fingerprint density at radius 3 is 2.50 bits per heavy atom. The number of aromatic hydroxyl groups is 1. The molecule has 0 aromatic heterocycles. The lowest BCUT2D eigenvalue weighted by molar-refractivity contribution is -0.385. The normalized spacial score (nSPS) is 13.7. The van der Waals surface area contributed by atoms with Gasteiger partial charge in [0.15, 0.2) is 11.9 Å². The van der Waals surface area contributed by atoms with Crippen LogP contribution in [0.15, 0.2) is 18.2 Å². The lowest BCUT2D eigenvalue weighted by Gasteiger charge is -2.15. The minimum atomic E-state index is -1.84. The first-order chi connectivity index (χ1) is 8.38. The summed E-state index contributed by atoms with van der Waals surface area (Å²) >= 11 is 0. The lowest BCUT2D eigenvalue weighted by atomic mass is 10.0. The van der Waals surface area contributed by atoms with E-state index in [-0.39, 0.29) is 5.56 Å². The summed E-state index contributed by atoms with van der Waals surface area (Å²) in [6, 6.07) is 2.97. The van der Waals surface area contributed by atoms with Gasteiger partial charge in [0.2, 0.25) is 0 Å². The predicted octanol–water partition coefficient (Wildman–Crippen LogP) is -0.132. The smallest absolute Gasteiger partial charge is 0.337 e. The molecule has 0 bridgehead atoms. The molecule has 0 radical (unpaired) electrons.